The predicted molar refractivity (Wildman–Crippen MR) is 166 cm³/mol. The van der Waals surface area contributed by atoms with Crippen LogP contribution in [0.2, 0.25) is 5.02 Å². The first-order valence-corrected chi connectivity index (χ1v) is 15.0. The van der Waals surface area contributed by atoms with Gasteiger partial charge in [-0.2, -0.15) is 0 Å². The topological polar surface area (TPSA) is 109 Å². The number of carbonyl (C=O) groups excluding carboxylic acids is 2. The molecule has 1 aromatic heterocycles. The van der Waals surface area contributed by atoms with Crippen LogP contribution >= 0.6 is 11.6 Å². The van der Waals surface area contributed by atoms with E-state index in [1.807, 2.05) is 63.5 Å². The van der Waals surface area contributed by atoms with Crippen LogP contribution in [-0.2, 0) is 9.53 Å². The van der Waals surface area contributed by atoms with E-state index in [1.54, 1.807) is 18.2 Å². The smallest absolute Gasteiger partial charge is 0.255 e. The van der Waals surface area contributed by atoms with Crippen molar-refractivity contribution in [2.45, 2.75) is 44.3 Å². The summed E-state index contributed by atoms with van der Waals surface area (Å²) in [4.78, 5) is 39.9. The number of methoxy groups -OCH3 is 1. The summed E-state index contributed by atoms with van der Waals surface area (Å²) < 4.78 is 10.8. The lowest BCUT2D eigenvalue weighted by molar-refractivity contribution is -0.122. The molecule has 11 heteroatoms. The van der Waals surface area contributed by atoms with E-state index in [0.717, 1.165) is 41.8 Å². The number of hydrogen-bond acceptors (Lipinski definition) is 8. The number of halogens is 1. The summed E-state index contributed by atoms with van der Waals surface area (Å²) in [6, 6.07) is 13.1. The van der Waals surface area contributed by atoms with Gasteiger partial charge in [0.2, 0.25) is 11.9 Å². The van der Waals surface area contributed by atoms with Crippen molar-refractivity contribution in [3.8, 4) is 17.0 Å². The Morgan fingerprint density at radius 3 is 2.74 bits per heavy atom. The Morgan fingerprint density at radius 1 is 1.21 bits per heavy atom. The number of aromatic nitrogens is 2. The van der Waals surface area contributed by atoms with Gasteiger partial charge in [-0.15, -0.1) is 0 Å². The highest BCUT2D eigenvalue weighted by molar-refractivity contribution is 6.33. The van der Waals surface area contributed by atoms with Gasteiger partial charge >= 0.3 is 0 Å². The first-order valence-electron chi connectivity index (χ1n) is 14.6. The van der Waals surface area contributed by atoms with Gasteiger partial charge in [0.1, 0.15) is 12.3 Å². The molecule has 5 rings (SSSR count). The maximum Gasteiger partial charge on any atom is 0.255 e. The minimum atomic E-state index is -0.252. The largest absolute Gasteiger partial charge is 0.497 e. The van der Waals surface area contributed by atoms with E-state index in [2.05, 4.69) is 20.5 Å². The van der Waals surface area contributed by atoms with E-state index < -0.39 is 0 Å². The second-order valence-electron chi connectivity index (χ2n) is 11.3. The molecule has 1 fully saturated rings. The summed E-state index contributed by atoms with van der Waals surface area (Å²) in [5, 5.41) is 6.83. The second-order valence-corrected chi connectivity index (χ2v) is 11.7. The third kappa shape index (κ3) is 7.26. The van der Waals surface area contributed by atoms with Gasteiger partial charge < -0.3 is 29.9 Å². The molecule has 0 radical (unpaired) electrons. The van der Waals surface area contributed by atoms with Gasteiger partial charge in [0.25, 0.3) is 5.91 Å². The first-order chi connectivity index (χ1) is 20.7. The molecule has 0 saturated carbocycles. The fourth-order valence-electron chi connectivity index (χ4n) is 5.62. The van der Waals surface area contributed by atoms with Crippen LogP contribution in [0.1, 0.15) is 59.8 Å². The van der Waals surface area contributed by atoms with Crippen molar-refractivity contribution >= 4 is 29.4 Å². The highest BCUT2D eigenvalue weighted by atomic mass is 35.5. The molecule has 1 unspecified atom stereocenters. The lowest BCUT2D eigenvalue weighted by atomic mass is 9.98. The van der Waals surface area contributed by atoms with Crippen LogP contribution in [0.25, 0.3) is 11.3 Å². The fourth-order valence-corrected chi connectivity index (χ4v) is 5.82. The molecule has 2 aliphatic rings. The van der Waals surface area contributed by atoms with E-state index in [0.29, 0.717) is 41.9 Å². The van der Waals surface area contributed by atoms with Gasteiger partial charge in [-0.25, -0.2) is 9.97 Å². The van der Waals surface area contributed by atoms with Gasteiger partial charge in [0.15, 0.2) is 0 Å². The zero-order valence-electron chi connectivity index (χ0n) is 25.1. The highest BCUT2D eigenvalue weighted by Crippen LogP contribution is 2.39. The number of hydrogen-bond donors (Lipinski definition) is 2. The zero-order valence-corrected chi connectivity index (χ0v) is 25.9. The number of rotatable bonds is 11. The first kappa shape index (κ1) is 30.7. The van der Waals surface area contributed by atoms with Crippen molar-refractivity contribution in [2.24, 2.45) is 0 Å². The average molecular weight is 607 g/mol. The third-order valence-corrected chi connectivity index (χ3v) is 8.26. The molecule has 1 saturated heterocycles. The molecule has 0 bridgehead atoms. The molecular weight excluding hydrogens is 568 g/mol. The molecule has 2 aromatic carbocycles. The molecule has 2 atom stereocenters. The summed E-state index contributed by atoms with van der Waals surface area (Å²) in [5.74, 6) is 0.800. The molecule has 3 aromatic rings. The number of nitrogens with one attached hydrogen (secondary N) is 2. The highest BCUT2D eigenvalue weighted by Gasteiger charge is 2.38. The van der Waals surface area contributed by atoms with Gasteiger partial charge in [-0.05, 0) is 76.2 Å². The van der Waals surface area contributed by atoms with Crippen LogP contribution in [0.15, 0.2) is 48.7 Å². The van der Waals surface area contributed by atoms with Gasteiger partial charge in [0, 0.05) is 30.4 Å². The van der Waals surface area contributed by atoms with Crippen LogP contribution < -0.4 is 15.4 Å². The van der Waals surface area contributed by atoms with Crippen LogP contribution in [0.5, 0.6) is 5.75 Å². The molecule has 2 N–H and O–H groups in total. The van der Waals surface area contributed by atoms with E-state index >= 15 is 0 Å². The lowest BCUT2D eigenvalue weighted by Crippen LogP contribution is -2.40. The van der Waals surface area contributed by atoms with E-state index in [-0.39, 0.29) is 36.5 Å². The maximum absolute atomic E-state index is 13.9. The molecule has 0 aliphatic carbocycles. The quantitative estimate of drug-likeness (QED) is 0.323. The summed E-state index contributed by atoms with van der Waals surface area (Å²) in [6.07, 6.45) is 4.04. The van der Waals surface area contributed by atoms with Crippen LogP contribution in [0, 0.1) is 0 Å². The number of benzene rings is 2. The van der Waals surface area contributed by atoms with Crippen LogP contribution in [0.3, 0.4) is 0 Å². The Hall–Kier alpha value is -3.73. The Labute approximate surface area is 257 Å². The zero-order chi connectivity index (χ0) is 30.5. The number of carbonyl (C=O) groups is 2. The van der Waals surface area contributed by atoms with E-state index in [4.69, 9.17) is 26.1 Å². The normalized spacial score (nSPS) is 17.6. The van der Waals surface area contributed by atoms with Gasteiger partial charge in [0.05, 0.1) is 36.1 Å². The van der Waals surface area contributed by atoms with Crippen LogP contribution in [0.4, 0.5) is 5.95 Å². The molecule has 0 spiro atoms. The maximum atomic E-state index is 13.9. The number of nitrogens with zero attached hydrogens (tertiary/aromatic N) is 4. The van der Waals surface area contributed by atoms with Crippen molar-refractivity contribution in [1.29, 1.82) is 0 Å². The van der Waals surface area contributed by atoms with Crippen molar-refractivity contribution in [2.75, 3.05) is 52.8 Å². The van der Waals surface area contributed by atoms with Crippen LogP contribution in [-0.4, -0.2) is 85.1 Å². The molecule has 3 heterocycles. The summed E-state index contributed by atoms with van der Waals surface area (Å²) >= 11 is 6.56. The standard InChI is InChI=1S/C32H39ClN6O4/c1-20(21-6-5-7-24(16-21)42-4)35-29(40)19-39-28(10-13-38(2)3)25-9-8-22(17-26(25)31(39)41)30-27(33)18-34-32(37-30)36-23-11-14-43-15-12-23/h5-9,16-18,20,23,28H,10-15,19H2,1-4H3,(H,35,40)(H,34,36,37)/t20-,28?/m1/s1. The Balaban J connectivity index is 1.36. The molecule has 10 nitrogen and oxygen atoms in total. The fraction of sp³-hybridized carbons (Fsp3) is 0.438. The van der Waals surface area contributed by atoms with Crippen molar-refractivity contribution in [1.82, 2.24) is 25.1 Å². The average Bonchev–Trinajstić information content (AvgIpc) is 3.26. The Kier molecular flexibility index (Phi) is 9.79. The van der Waals surface area contributed by atoms with Crippen molar-refractivity contribution in [3.63, 3.8) is 0 Å². The van der Waals surface area contributed by atoms with E-state index in [9.17, 15) is 9.59 Å². The monoisotopic (exact) mass is 606 g/mol. The molecule has 2 aliphatic heterocycles. The predicted octanol–water partition coefficient (Wildman–Crippen LogP) is 4.72. The summed E-state index contributed by atoms with van der Waals surface area (Å²) in [6.45, 7) is 4.03. The van der Waals surface area contributed by atoms with Crippen molar-refractivity contribution < 1.29 is 19.1 Å². The number of amides is 2. The number of ether oxygens (including phenoxy) is 2. The summed E-state index contributed by atoms with van der Waals surface area (Å²) in [5.41, 5.74) is 3.65. The Bertz CT molecular complexity index is 1460. The third-order valence-electron chi connectivity index (χ3n) is 7.99. The Morgan fingerprint density at radius 2 is 2.00 bits per heavy atom. The SMILES string of the molecule is COc1cccc([C@@H](C)NC(=O)CN2C(=O)c3cc(-c4nc(NC5CCOCC5)ncc4Cl)ccc3C2CCN(C)C)c1. The molecule has 228 valence electrons. The molecule has 2 amide bonds. The van der Waals surface area contributed by atoms with Gasteiger partial charge in [-0.1, -0.05) is 35.9 Å². The molecule has 43 heavy (non-hydrogen) atoms. The number of fused-ring (bicyclic) bond motifs is 1. The minimum Gasteiger partial charge on any atom is -0.497 e. The number of anilines is 1. The lowest BCUT2D eigenvalue weighted by Gasteiger charge is -2.27. The minimum absolute atomic E-state index is 0.0529. The van der Waals surface area contributed by atoms with Gasteiger partial charge in [-0.3, -0.25) is 9.59 Å². The molecular formula is C32H39ClN6O4. The van der Waals surface area contributed by atoms with Crippen molar-refractivity contribution in [3.05, 3.63) is 70.4 Å². The summed E-state index contributed by atoms with van der Waals surface area (Å²) in [7, 11) is 5.60. The second kappa shape index (κ2) is 13.7. The van der Waals surface area contributed by atoms with E-state index in [1.165, 1.54) is 0 Å².